The van der Waals surface area contributed by atoms with Crippen LogP contribution in [0.3, 0.4) is 0 Å². The molecule has 0 radical (unpaired) electrons. The number of nitrogens with one attached hydrogen (secondary N) is 1. The number of aliphatic hydroxyl groups is 1. The Kier molecular flexibility index (Phi) is 12.7. The first kappa shape index (κ1) is 27.0. The number of aliphatic carboxylic acids is 2. The van der Waals surface area contributed by atoms with Gasteiger partial charge in [0.25, 0.3) is 0 Å². The molecule has 0 unspecified atom stereocenters. The van der Waals surface area contributed by atoms with Gasteiger partial charge >= 0.3 is 19.8 Å². The highest BCUT2D eigenvalue weighted by atomic mass is 32.1. The van der Waals surface area contributed by atoms with Crippen molar-refractivity contribution in [3.63, 3.8) is 0 Å². The summed E-state index contributed by atoms with van der Waals surface area (Å²) in [6, 6.07) is -0.816. The van der Waals surface area contributed by atoms with Crippen LogP contribution in [0, 0.1) is 5.41 Å². The number of carbonyl (C=O) groups is 3. The Morgan fingerprint density at radius 2 is 1.77 bits per heavy atom. The monoisotopic (exact) mass is 420 g/mol. The molecule has 8 N–H and O–H groups in total. The van der Waals surface area contributed by atoms with Crippen LogP contribution in [0.1, 0.15) is 20.3 Å². The summed E-state index contributed by atoms with van der Waals surface area (Å²) in [5.41, 5.74) is 3.70. The average molecular weight is 420 g/mol. The van der Waals surface area contributed by atoms with E-state index in [2.05, 4.69) is 22.5 Å². The number of phosphoric ester groups is 1. The fourth-order valence-electron chi connectivity index (χ4n) is 1.23. The molecule has 0 aliphatic rings. The van der Waals surface area contributed by atoms with Crippen molar-refractivity contribution < 1.29 is 48.6 Å². The largest absolute Gasteiger partial charge is 0.481 e. The number of amides is 1. The van der Waals surface area contributed by atoms with E-state index < -0.39 is 49.8 Å². The van der Waals surface area contributed by atoms with Gasteiger partial charge in [-0.2, -0.15) is 12.6 Å². The van der Waals surface area contributed by atoms with Crippen molar-refractivity contribution in [3.05, 3.63) is 0 Å². The number of carboxylic acid groups (broad SMARTS) is 2. The molecule has 154 valence electrons. The third-order valence-electron chi connectivity index (χ3n) is 2.75. The highest BCUT2D eigenvalue weighted by molar-refractivity contribution is 7.80. The fraction of sp³-hybridized carbons (Fsp3) is 0.750. The van der Waals surface area contributed by atoms with Crippen LogP contribution in [0.15, 0.2) is 0 Å². The molecule has 0 bridgehead atoms. The summed E-state index contributed by atoms with van der Waals surface area (Å²) in [4.78, 5) is 49.3. The van der Waals surface area contributed by atoms with Crippen LogP contribution in [0.25, 0.3) is 0 Å². The minimum atomic E-state index is -4.92. The topological polar surface area (TPSA) is 217 Å². The smallest absolute Gasteiger partial charge is 0.470 e. The molecule has 0 aliphatic heterocycles. The molecule has 1 amide bonds. The van der Waals surface area contributed by atoms with E-state index in [-0.39, 0.29) is 18.7 Å². The second kappa shape index (κ2) is 12.2. The first-order valence-corrected chi connectivity index (χ1v) is 9.27. The Balaban J connectivity index is 0. The zero-order chi connectivity index (χ0) is 21.1. The second-order valence-electron chi connectivity index (χ2n) is 5.68. The van der Waals surface area contributed by atoms with Crippen LogP contribution in [0.4, 0.5) is 0 Å². The summed E-state index contributed by atoms with van der Waals surface area (Å²) in [6.07, 6.45) is -1.94. The lowest BCUT2D eigenvalue weighted by Crippen LogP contribution is -2.47. The van der Waals surface area contributed by atoms with Crippen molar-refractivity contribution in [2.45, 2.75) is 32.4 Å². The van der Waals surface area contributed by atoms with Gasteiger partial charge in [0.1, 0.15) is 6.04 Å². The highest BCUT2D eigenvalue weighted by Gasteiger charge is 2.40. The summed E-state index contributed by atoms with van der Waals surface area (Å²) in [5, 5.41) is 27.7. The van der Waals surface area contributed by atoms with Crippen LogP contribution in [0.5, 0.6) is 0 Å². The molecular weight excluding hydrogens is 395 g/mol. The number of thiol groups is 1. The maximum atomic E-state index is 11.7. The third-order valence-corrected chi connectivity index (χ3v) is 3.63. The molecule has 26 heavy (non-hydrogen) atoms. The predicted octanol–water partition coefficient (Wildman–Crippen LogP) is -1.60. The minimum absolute atomic E-state index is 0.190. The van der Waals surface area contributed by atoms with Crippen LogP contribution in [-0.4, -0.2) is 74.0 Å². The first-order valence-electron chi connectivity index (χ1n) is 7.11. The Labute approximate surface area is 155 Å². The van der Waals surface area contributed by atoms with E-state index in [0.717, 1.165) is 0 Å². The lowest BCUT2D eigenvalue weighted by atomic mass is 9.87. The summed E-state index contributed by atoms with van der Waals surface area (Å²) >= 11 is 3.65. The predicted molar refractivity (Wildman–Crippen MR) is 92.5 cm³/mol. The molecule has 2 atom stereocenters. The van der Waals surface area contributed by atoms with Crippen LogP contribution >= 0.6 is 20.5 Å². The number of phosphoric acid groups is 1. The molecule has 0 aromatic heterocycles. The third kappa shape index (κ3) is 13.1. The molecule has 0 saturated heterocycles. The Bertz CT molecular complexity index is 524. The highest BCUT2D eigenvalue weighted by Crippen LogP contribution is 2.41. The first-order chi connectivity index (χ1) is 11.7. The molecule has 0 spiro atoms. The number of hydrogen-bond donors (Lipinski definition) is 8. The maximum absolute atomic E-state index is 11.7. The molecule has 0 rings (SSSR count). The van der Waals surface area contributed by atoms with E-state index in [0.29, 0.717) is 0 Å². The average Bonchev–Trinajstić information content (AvgIpc) is 2.50. The molecule has 12 nitrogen and oxygen atoms in total. The lowest BCUT2D eigenvalue weighted by molar-refractivity contribution is -0.139. The standard InChI is InChI=1S/C9H18NO8P.C3H7NO2S/c1-9(2,5-11)7(18-19(15,16)17)8(14)10-4-3-6(12)13;4-2(1-7)3(5)6/h7,11H,3-5H2,1-2H3,(H,10,14)(H,12,13)(H2,15,16,17);2,7H,1,4H2,(H,5,6)/t7-;2-/m00/s1. The van der Waals surface area contributed by atoms with E-state index in [1.807, 2.05) is 0 Å². The van der Waals surface area contributed by atoms with Gasteiger partial charge in [-0.05, 0) is 0 Å². The van der Waals surface area contributed by atoms with E-state index >= 15 is 0 Å². The Morgan fingerprint density at radius 3 is 2.04 bits per heavy atom. The molecule has 0 fully saturated rings. The summed E-state index contributed by atoms with van der Waals surface area (Å²) in [6.45, 7) is 1.99. The van der Waals surface area contributed by atoms with Crippen molar-refractivity contribution in [1.82, 2.24) is 5.32 Å². The number of carboxylic acids is 2. The van der Waals surface area contributed by atoms with Gasteiger partial charge in [0.05, 0.1) is 13.0 Å². The van der Waals surface area contributed by atoms with Crippen molar-refractivity contribution in [2.75, 3.05) is 18.9 Å². The van der Waals surface area contributed by atoms with Crippen LogP contribution < -0.4 is 11.1 Å². The van der Waals surface area contributed by atoms with Crippen molar-refractivity contribution in [1.29, 1.82) is 0 Å². The van der Waals surface area contributed by atoms with Crippen molar-refractivity contribution in [3.8, 4) is 0 Å². The molecule has 0 heterocycles. The van der Waals surface area contributed by atoms with Gasteiger partial charge in [-0.3, -0.25) is 18.9 Å². The molecular formula is C12H25N2O10PS. The maximum Gasteiger partial charge on any atom is 0.470 e. The zero-order valence-electron chi connectivity index (χ0n) is 14.2. The van der Waals surface area contributed by atoms with Crippen LogP contribution in [-0.2, 0) is 23.5 Å². The fourth-order valence-corrected chi connectivity index (χ4v) is 2.04. The van der Waals surface area contributed by atoms with Crippen LogP contribution in [0.2, 0.25) is 0 Å². The minimum Gasteiger partial charge on any atom is -0.481 e. The molecule has 0 aliphatic carbocycles. The van der Waals surface area contributed by atoms with Gasteiger partial charge in [0.2, 0.25) is 5.91 Å². The van der Waals surface area contributed by atoms with Gasteiger partial charge in [0, 0.05) is 17.7 Å². The SMILES string of the molecule is CC(C)(CO)[C@@H](OP(=O)(O)O)C(=O)NCCC(=O)O.N[C@@H](CS)C(=O)O. The van der Waals surface area contributed by atoms with E-state index in [1.165, 1.54) is 13.8 Å². The summed E-state index contributed by atoms with van der Waals surface area (Å²) in [7, 11) is -4.92. The van der Waals surface area contributed by atoms with E-state index in [1.54, 1.807) is 0 Å². The van der Waals surface area contributed by atoms with E-state index in [9.17, 15) is 18.9 Å². The number of rotatable bonds is 10. The second-order valence-corrected chi connectivity index (χ2v) is 7.24. The zero-order valence-corrected chi connectivity index (χ0v) is 16.0. The Hall–Kier alpha value is -1.21. The summed E-state index contributed by atoms with van der Waals surface area (Å²) < 4.78 is 15.2. The normalized spacial score (nSPS) is 13.8. The summed E-state index contributed by atoms with van der Waals surface area (Å²) in [5.74, 6) is -2.84. The van der Waals surface area contributed by atoms with Crippen molar-refractivity contribution in [2.24, 2.45) is 11.1 Å². The van der Waals surface area contributed by atoms with Gasteiger partial charge in [-0.1, -0.05) is 13.8 Å². The number of aliphatic hydroxyl groups excluding tert-OH is 1. The lowest BCUT2D eigenvalue weighted by Gasteiger charge is -2.31. The Morgan fingerprint density at radius 1 is 1.27 bits per heavy atom. The van der Waals surface area contributed by atoms with Gasteiger partial charge in [0.15, 0.2) is 6.10 Å². The number of carbonyl (C=O) groups excluding carboxylic acids is 1. The van der Waals surface area contributed by atoms with Gasteiger partial charge < -0.3 is 36.2 Å². The van der Waals surface area contributed by atoms with E-state index in [4.69, 9.17) is 30.8 Å². The van der Waals surface area contributed by atoms with Gasteiger partial charge in [-0.15, -0.1) is 0 Å². The molecule has 0 aromatic carbocycles. The molecule has 0 saturated carbocycles. The number of hydrogen-bond acceptors (Lipinski definition) is 8. The molecule has 0 aromatic rings. The van der Waals surface area contributed by atoms with Crippen molar-refractivity contribution >= 4 is 38.3 Å². The molecule has 14 heteroatoms. The van der Waals surface area contributed by atoms with Gasteiger partial charge in [-0.25, -0.2) is 4.57 Å². The number of nitrogens with two attached hydrogens (primary N) is 1. The quantitative estimate of drug-likeness (QED) is 0.149.